The molecule has 6 nitrogen and oxygen atoms in total. The lowest BCUT2D eigenvalue weighted by molar-refractivity contribution is -0.137. The molecule has 6 heteroatoms. The Morgan fingerprint density at radius 3 is 2.61 bits per heavy atom. The first-order valence-electron chi connectivity index (χ1n) is 6.56. The zero-order valence-electron chi connectivity index (χ0n) is 11.5. The summed E-state index contributed by atoms with van der Waals surface area (Å²) in [6.45, 7) is 8.66. The van der Waals surface area contributed by atoms with E-state index in [0.29, 0.717) is 13.1 Å². The van der Waals surface area contributed by atoms with Gasteiger partial charge in [0.1, 0.15) is 0 Å². The standard InChI is InChI=1S/C12H24N4O2/c1-4-16(8-11(17)15-9(2)3)12(18)10-7-13-5-6-14-10/h9-10,13-14H,4-8H2,1-3H3,(H,15,17). The third-order valence-electron chi connectivity index (χ3n) is 2.82. The Morgan fingerprint density at radius 1 is 1.39 bits per heavy atom. The van der Waals surface area contributed by atoms with E-state index in [2.05, 4.69) is 16.0 Å². The first-order chi connectivity index (χ1) is 8.54. The smallest absolute Gasteiger partial charge is 0.241 e. The van der Waals surface area contributed by atoms with Crippen LogP contribution in [0.1, 0.15) is 20.8 Å². The molecule has 1 unspecified atom stereocenters. The van der Waals surface area contributed by atoms with Crippen molar-refractivity contribution >= 4 is 11.8 Å². The van der Waals surface area contributed by atoms with Crippen molar-refractivity contribution in [2.75, 3.05) is 32.7 Å². The van der Waals surface area contributed by atoms with Crippen molar-refractivity contribution in [1.29, 1.82) is 0 Å². The number of nitrogens with one attached hydrogen (secondary N) is 3. The molecule has 1 atom stereocenters. The molecule has 1 fully saturated rings. The van der Waals surface area contributed by atoms with E-state index in [1.807, 2.05) is 20.8 Å². The minimum absolute atomic E-state index is 0.0105. The number of amides is 2. The first kappa shape index (κ1) is 14.9. The number of rotatable bonds is 5. The van der Waals surface area contributed by atoms with Gasteiger partial charge in [0, 0.05) is 32.2 Å². The zero-order chi connectivity index (χ0) is 13.5. The molecule has 104 valence electrons. The molecule has 0 spiro atoms. The van der Waals surface area contributed by atoms with Crippen LogP contribution in [0.25, 0.3) is 0 Å². The van der Waals surface area contributed by atoms with Crippen molar-refractivity contribution in [2.45, 2.75) is 32.9 Å². The van der Waals surface area contributed by atoms with Crippen LogP contribution in [0, 0.1) is 0 Å². The molecule has 1 aliphatic heterocycles. The molecule has 2 amide bonds. The van der Waals surface area contributed by atoms with E-state index in [1.165, 1.54) is 0 Å². The van der Waals surface area contributed by atoms with E-state index in [4.69, 9.17) is 0 Å². The molecule has 0 aromatic rings. The highest BCUT2D eigenvalue weighted by molar-refractivity contribution is 5.87. The summed E-state index contributed by atoms with van der Waals surface area (Å²) in [5.41, 5.74) is 0. The molecule has 1 aliphatic rings. The number of hydrogen-bond donors (Lipinski definition) is 3. The Balaban J connectivity index is 2.48. The van der Waals surface area contributed by atoms with Crippen LogP contribution < -0.4 is 16.0 Å². The molecule has 0 saturated carbocycles. The van der Waals surface area contributed by atoms with E-state index in [1.54, 1.807) is 4.90 Å². The SMILES string of the molecule is CCN(CC(=O)NC(C)C)C(=O)C1CNCCN1. The number of hydrogen-bond acceptors (Lipinski definition) is 4. The highest BCUT2D eigenvalue weighted by Crippen LogP contribution is 1.97. The van der Waals surface area contributed by atoms with Crippen molar-refractivity contribution in [2.24, 2.45) is 0 Å². The largest absolute Gasteiger partial charge is 0.352 e. The van der Waals surface area contributed by atoms with Crippen molar-refractivity contribution in [3.05, 3.63) is 0 Å². The van der Waals surface area contributed by atoms with Crippen LogP contribution in [0.15, 0.2) is 0 Å². The molecule has 1 heterocycles. The number of likely N-dealkylation sites (N-methyl/N-ethyl adjacent to an activating group) is 1. The Labute approximate surface area is 108 Å². The van der Waals surface area contributed by atoms with Crippen LogP contribution in [0.3, 0.4) is 0 Å². The highest BCUT2D eigenvalue weighted by Gasteiger charge is 2.25. The Bertz CT molecular complexity index is 288. The van der Waals surface area contributed by atoms with Gasteiger partial charge in [0.05, 0.1) is 12.6 Å². The topological polar surface area (TPSA) is 73.5 Å². The van der Waals surface area contributed by atoms with E-state index in [0.717, 1.165) is 13.1 Å². The Morgan fingerprint density at radius 2 is 2.11 bits per heavy atom. The predicted molar refractivity (Wildman–Crippen MR) is 70.2 cm³/mol. The number of carbonyl (C=O) groups excluding carboxylic acids is 2. The molecule has 0 bridgehead atoms. The van der Waals surface area contributed by atoms with E-state index >= 15 is 0 Å². The molecule has 18 heavy (non-hydrogen) atoms. The summed E-state index contributed by atoms with van der Waals surface area (Å²) < 4.78 is 0. The van der Waals surface area contributed by atoms with Crippen molar-refractivity contribution in [1.82, 2.24) is 20.9 Å². The fraction of sp³-hybridized carbons (Fsp3) is 0.833. The van der Waals surface area contributed by atoms with E-state index < -0.39 is 0 Å². The lowest BCUT2D eigenvalue weighted by Crippen LogP contribution is -2.57. The van der Waals surface area contributed by atoms with E-state index in [9.17, 15) is 9.59 Å². The first-order valence-corrected chi connectivity index (χ1v) is 6.56. The molecule has 1 rings (SSSR count). The van der Waals surface area contributed by atoms with Crippen LogP contribution in [-0.4, -0.2) is 61.5 Å². The maximum Gasteiger partial charge on any atom is 0.241 e. The second-order valence-electron chi connectivity index (χ2n) is 4.79. The summed E-state index contributed by atoms with van der Waals surface area (Å²) in [4.78, 5) is 25.4. The highest BCUT2D eigenvalue weighted by atomic mass is 16.2. The third-order valence-corrected chi connectivity index (χ3v) is 2.82. The Kier molecular flexibility index (Phi) is 6.07. The van der Waals surface area contributed by atoms with Crippen molar-refractivity contribution < 1.29 is 9.59 Å². The zero-order valence-corrected chi connectivity index (χ0v) is 11.5. The lowest BCUT2D eigenvalue weighted by atomic mass is 10.2. The second-order valence-corrected chi connectivity index (χ2v) is 4.79. The van der Waals surface area contributed by atoms with E-state index in [-0.39, 0.29) is 30.4 Å². The van der Waals surface area contributed by atoms with Gasteiger partial charge < -0.3 is 20.9 Å². The predicted octanol–water partition coefficient (Wildman–Crippen LogP) is -1.08. The van der Waals surface area contributed by atoms with Crippen LogP contribution in [0.2, 0.25) is 0 Å². The van der Waals surface area contributed by atoms with Crippen LogP contribution in [0.4, 0.5) is 0 Å². The van der Waals surface area contributed by atoms with Crippen LogP contribution >= 0.6 is 0 Å². The van der Waals surface area contributed by atoms with Gasteiger partial charge >= 0.3 is 0 Å². The maximum atomic E-state index is 12.2. The lowest BCUT2D eigenvalue weighted by Gasteiger charge is -2.29. The average molecular weight is 256 g/mol. The number of nitrogens with zero attached hydrogens (tertiary/aromatic N) is 1. The summed E-state index contributed by atoms with van der Waals surface area (Å²) in [7, 11) is 0. The van der Waals surface area contributed by atoms with Gasteiger partial charge in [0.2, 0.25) is 11.8 Å². The van der Waals surface area contributed by atoms with Gasteiger partial charge in [-0.05, 0) is 20.8 Å². The molecular weight excluding hydrogens is 232 g/mol. The summed E-state index contributed by atoms with van der Waals surface area (Å²) in [6, 6.07) is -0.119. The molecular formula is C12H24N4O2. The van der Waals surface area contributed by atoms with Gasteiger partial charge in [-0.1, -0.05) is 0 Å². The summed E-state index contributed by atoms with van der Waals surface area (Å²) in [6.07, 6.45) is 0. The summed E-state index contributed by atoms with van der Waals surface area (Å²) in [5, 5.41) is 9.13. The average Bonchev–Trinajstić information content (AvgIpc) is 2.35. The number of carbonyl (C=O) groups is 2. The van der Waals surface area contributed by atoms with Gasteiger partial charge in [-0.2, -0.15) is 0 Å². The molecule has 0 aromatic carbocycles. The summed E-state index contributed by atoms with van der Waals surface area (Å²) in [5.74, 6) is -0.118. The maximum absolute atomic E-state index is 12.2. The van der Waals surface area contributed by atoms with Crippen LogP contribution in [0.5, 0.6) is 0 Å². The van der Waals surface area contributed by atoms with Crippen LogP contribution in [-0.2, 0) is 9.59 Å². The molecule has 1 saturated heterocycles. The second kappa shape index (κ2) is 7.33. The van der Waals surface area contributed by atoms with Gasteiger partial charge in [-0.25, -0.2) is 0 Å². The molecule has 0 aliphatic carbocycles. The monoisotopic (exact) mass is 256 g/mol. The van der Waals surface area contributed by atoms with Gasteiger partial charge in [-0.3, -0.25) is 9.59 Å². The number of piperazine rings is 1. The van der Waals surface area contributed by atoms with Gasteiger partial charge in [0.15, 0.2) is 0 Å². The summed E-state index contributed by atoms with van der Waals surface area (Å²) >= 11 is 0. The molecule has 0 radical (unpaired) electrons. The van der Waals surface area contributed by atoms with Gasteiger partial charge in [-0.15, -0.1) is 0 Å². The minimum Gasteiger partial charge on any atom is -0.352 e. The quantitative estimate of drug-likeness (QED) is 0.585. The van der Waals surface area contributed by atoms with Crippen molar-refractivity contribution in [3.63, 3.8) is 0 Å². The molecule has 0 aromatic heterocycles. The molecule has 3 N–H and O–H groups in total. The Hall–Kier alpha value is -1.14. The third kappa shape index (κ3) is 4.62. The minimum atomic E-state index is -0.217. The normalized spacial score (nSPS) is 19.7. The van der Waals surface area contributed by atoms with Gasteiger partial charge in [0.25, 0.3) is 0 Å². The van der Waals surface area contributed by atoms with Crippen molar-refractivity contribution in [3.8, 4) is 0 Å². The fourth-order valence-electron chi connectivity index (χ4n) is 1.93. The fourth-order valence-corrected chi connectivity index (χ4v) is 1.93.